The molecule has 0 bridgehead atoms. The Hall–Kier alpha value is -3.35. The SMILES string of the molecule is CCOc1ccc(C(=O)NNC(=O)c2ccc(CN3CCCC3=O)cc2)cc1. The largest absolute Gasteiger partial charge is 0.494 e. The van der Waals surface area contributed by atoms with E-state index < -0.39 is 11.8 Å². The van der Waals surface area contributed by atoms with Gasteiger partial charge in [-0.1, -0.05) is 12.1 Å². The van der Waals surface area contributed by atoms with Gasteiger partial charge in [-0.2, -0.15) is 0 Å². The van der Waals surface area contributed by atoms with Crippen molar-refractivity contribution in [3.8, 4) is 5.75 Å². The minimum Gasteiger partial charge on any atom is -0.494 e. The van der Waals surface area contributed by atoms with E-state index in [1.807, 2.05) is 24.0 Å². The normalized spacial score (nSPS) is 13.3. The summed E-state index contributed by atoms with van der Waals surface area (Å²) < 4.78 is 5.33. The Balaban J connectivity index is 1.51. The summed E-state index contributed by atoms with van der Waals surface area (Å²) in [5.41, 5.74) is 6.59. The molecule has 7 nitrogen and oxygen atoms in total. The van der Waals surface area contributed by atoms with E-state index in [-0.39, 0.29) is 5.91 Å². The number of hydrazine groups is 1. The predicted molar refractivity (Wildman–Crippen MR) is 104 cm³/mol. The molecule has 0 aliphatic carbocycles. The van der Waals surface area contributed by atoms with Gasteiger partial charge < -0.3 is 9.64 Å². The maximum absolute atomic E-state index is 12.2. The van der Waals surface area contributed by atoms with Crippen LogP contribution >= 0.6 is 0 Å². The summed E-state index contributed by atoms with van der Waals surface area (Å²) in [6, 6.07) is 13.6. The molecule has 146 valence electrons. The van der Waals surface area contributed by atoms with Crippen molar-refractivity contribution >= 4 is 17.7 Å². The lowest BCUT2D eigenvalue weighted by atomic mass is 10.1. The molecule has 1 fully saturated rings. The molecule has 0 atom stereocenters. The number of rotatable bonds is 6. The van der Waals surface area contributed by atoms with Crippen molar-refractivity contribution in [3.05, 3.63) is 65.2 Å². The average molecular weight is 381 g/mol. The highest BCUT2D eigenvalue weighted by Crippen LogP contribution is 2.15. The third-order valence-corrected chi connectivity index (χ3v) is 4.48. The Kier molecular flexibility index (Phi) is 6.26. The summed E-state index contributed by atoms with van der Waals surface area (Å²) in [6.07, 6.45) is 1.50. The van der Waals surface area contributed by atoms with Crippen LogP contribution in [0.3, 0.4) is 0 Å². The van der Waals surface area contributed by atoms with Gasteiger partial charge in [-0.3, -0.25) is 25.2 Å². The van der Waals surface area contributed by atoms with Crippen LogP contribution in [-0.2, 0) is 11.3 Å². The molecule has 0 saturated carbocycles. The minimum atomic E-state index is -0.416. The number of ether oxygens (including phenoxy) is 1. The van der Waals surface area contributed by atoms with E-state index in [1.165, 1.54) is 0 Å². The average Bonchev–Trinajstić information content (AvgIpc) is 3.12. The highest BCUT2D eigenvalue weighted by Gasteiger charge is 2.20. The second-order valence-corrected chi connectivity index (χ2v) is 6.48. The number of benzene rings is 2. The number of hydrogen-bond acceptors (Lipinski definition) is 4. The number of amides is 3. The molecule has 2 N–H and O–H groups in total. The predicted octanol–water partition coefficient (Wildman–Crippen LogP) is 2.28. The molecule has 3 rings (SSSR count). The fourth-order valence-electron chi connectivity index (χ4n) is 2.98. The second kappa shape index (κ2) is 9.03. The Morgan fingerprint density at radius 3 is 2.04 bits per heavy atom. The van der Waals surface area contributed by atoms with Gasteiger partial charge in [0, 0.05) is 30.6 Å². The Labute approximate surface area is 163 Å². The molecule has 7 heteroatoms. The van der Waals surface area contributed by atoms with Gasteiger partial charge in [-0.05, 0) is 55.3 Å². The molecule has 0 spiro atoms. The molecular weight excluding hydrogens is 358 g/mol. The molecule has 1 aliphatic rings. The molecule has 2 aromatic carbocycles. The smallest absolute Gasteiger partial charge is 0.269 e. The first-order valence-electron chi connectivity index (χ1n) is 9.27. The van der Waals surface area contributed by atoms with Gasteiger partial charge in [-0.15, -0.1) is 0 Å². The molecule has 28 heavy (non-hydrogen) atoms. The Morgan fingerprint density at radius 2 is 1.54 bits per heavy atom. The Morgan fingerprint density at radius 1 is 0.964 bits per heavy atom. The van der Waals surface area contributed by atoms with Gasteiger partial charge in [0.2, 0.25) is 5.91 Å². The number of carbonyl (C=O) groups excluding carboxylic acids is 3. The van der Waals surface area contributed by atoms with Crippen molar-refractivity contribution in [2.45, 2.75) is 26.3 Å². The van der Waals surface area contributed by atoms with E-state index in [2.05, 4.69) is 10.9 Å². The van der Waals surface area contributed by atoms with Crippen molar-refractivity contribution < 1.29 is 19.1 Å². The van der Waals surface area contributed by atoms with Crippen molar-refractivity contribution in [3.63, 3.8) is 0 Å². The lowest BCUT2D eigenvalue weighted by Crippen LogP contribution is -2.41. The molecule has 0 aromatic heterocycles. The third-order valence-electron chi connectivity index (χ3n) is 4.48. The first kappa shape index (κ1) is 19.4. The molecular formula is C21H23N3O4. The highest BCUT2D eigenvalue weighted by atomic mass is 16.5. The maximum atomic E-state index is 12.2. The first-order chi connectivity index (χ1) is 13.6. The minimum absolute atomic E-state index is 0.166. The number of hydrogen-bond donors (Lipinski definition) is 2. The molecule has 1 saturated heterocycles. The van der Waals surface area contributed by atoms with Crippen molar-refractivity contribution in [2.24, 2.45) is 0 Å². The van der Waals surface area contributed by atoms with Gasteiger partial charge in [0.25, 0.3) is 11.8 Å². The van der Waals surface area contributed by atoms with E-state index in [9.17, 15) is 14.4 Å². The maximum Gasteiger partial charge on any atom is 0.269 e. The first-order valence-corrected chi connectivity index (χ1v) is 9.27. The van der Waals surface area contributed by atoms with E-state index in [1.54, 1.807) is 36.4 Å². The van der Waals surface area contributed by atoms with Crippen LogP contribution in [0.5, 0.6) is 5.75 Å². The van der Waals surface area contributed by atoms with Crippen LogP contribution < -0.4 is 15.6 Å². The Bertz CT molecular complexity index is 847. The van der Waals surface area contributed by atoms with Crippen LogP contribution in [0.4, 0.5) is 0 Å². The van der Waals surface area contributed by atoms with Crippen molar-refractivity contribution in [1.29, 1.82) is 0 Å². The zero-order chi connectivity index (χ0) is 19.9. The van der Waals surface area contributed by atoms with Crippen LogP contribution in [-0.4, -0.2) is 35.8 Å². The summed E-state index contributed by atoms with van der Waals surface area (Å²) in [6.45, 7) is 3.76. The molecule has 3 amide bonds. The summed E-state index contributed by atoms with van der Waals surface area (Å²) in [4.78, 5) is 37.8. The number of likely N-dealkylation sites (tertiary alicyclic amines) is 1. The van der Waals surface area contributed by atoms with E-state index in [0.717, 1.165) is 18.5 Å². The van der Waals surface area contributed by atoms with Crippen LogP contribution in [0.1, 0.15) is 46.0 Å². The number of carbonyl (C=O) groups is 3. The molecule has 0 radical (unpaired) electrons. The number of nitrogens with zero attached hydrogens (tertiary/aromatic N) is 1. The van der Waals surface area contributed by atoms with Crippen LogP contribution in [0.25, 0.3) is 0 Å². The van der Waals surface area contributed by atoms with Gasteiger partial charge in [-0.25, -0.2) is 0 Å². The van der Waals surface area contributed by atoms with Gasteiger partial charge in [0.15, 0.2) is 0 Å². The topological polar surface area (TPSA) is 87.7 Å². The van der Waals surface area contributed by atoms with Gasteiger partial charge in [0.1, 0.15) is 5.75 Å². The van der Waals surface area contributed by atoms with E-state index in [0.29, 0.717) is 36.4 Å². The fraction of sp³-hybridized carbons (Fsp3) is 0.286. The fourth-order valence-corrected chi connectivity index (χ4v) is 2.98. The van der Waals surface area contributed by atoms with Crippen LogP contribution in [0.15, 0.2) is 48.5 Å². The monoisotopic (exact) mass is 381 g/mol. The van der Waals surface area contributed by atoms with Crippen LogP contribution in [0.2, 0.25) is 0 Å². The lowest BCUT2D eigenvalue weighted by molar-refractivity contribution is -0.128. The molecule has 1 heterocycles. The third kappa shape index (κ3) is 4.88. The van der Waals surface area contributed by atoms with Gasteiger partial charge >= 0.3 is 0 Å². The summed E-state index contributed by atoms with van der Waals surface area (Å²) in [5.74, 6) is 0.0151. The summed E-state index contributed by atoms with van der Waals surface area (Å²) >= 11 is 0. The highest BCUT2D eigenvalue weighted by molar-refractivity contribution is 5.99. The molecule has 1 aliphatic heterocycles. The summed E-state index contributed by atoms with van der Waals surface area (Å²) in [7, 11) is 0. The lowest BCUT2D eigenvalue weighted by Gasteiger charge is -2.15. The zero-order valence-electron chi connectivity index (χ0n) is 15.7. The zero-order valence-corrected chi connectivity index (χ0v) is 15.7. The van der Waals surface area contributed by atoms with Gasteiger partial charge in [0.05, 0.1) is 6.61 Å². The standard InChI is InChI=1S/C21H23N3O4/c1-2-28-18-11-9-17(10-12-18)21(27)23-22-20(26)16-7-5-15(6-8-16)14-24-13-3-4-19(24)25/h5-12H,2-4,13-14H2,1H3,(H,22,26)(H,23,27). The van der Waals surface area contributed by atoms with Crippen molar-refractivity contribution in [1.82, 2.24) is 15.8 Å². The second-order valence-electron chi connectivity index (χ2n) is 6.48. The molecule has 2 aromatic rings. The molecule has 0 unspecified atom stereocenters. The van der Waals surface area contributed by atoms with E-state index in [4.69, 9.17) is 4.74 Å². The number of nitrogens with one attached hydrogen (secondary N) is 2. The summed E-state index contributed by atoms with van der Waals surface area (Å²) in [5, 5.41) is 0. The van der Waals surface area contributed by atoms with Crippen LogP contribution in [0, 0.1) is 0 Å². The van der Waals surface area contributed by atoms with Crippen molar-refractivity contribution in [2.75, 3.05) is 13.2 Å². The van der Waals surface area contributed by atoms with E-state index >= 15 is 0 Å². The quantitative estimate of drug-likeness (QED) is 0.752.